The van der Waals surface area contributed by atoms with Gasteiger partial charge < -0.3 is 0 Å². The SMILES string of the molecule is CN1C(=O)N(C)C(=O)C2(CC[C@@H]2c2ccc(F)cc2)C1=O. The number of hydrogen-bond donors (Lipinski definition) is 0. The average Bonchev–Trinajstić information content (AvgIpc) is 2.45. The van der Waals surface area contributed by atoms with Gasteiger partial charge in [-0.15, -0.1) is 0 Å². The highest BCUT2D eigenvalue weighted by Gasteiger charge is 2.64. The number of barbiturate groups is 1. The van der Waals surface area contributed by atoms with E-state index >= 15 is 0 Å². The molecule has 21 heavy (non-hydrogen) atoms. The molecule has 1 saturated heterocycles. The van der Waals surface area contributed by atoms with Crippen LogP contribution in [0.25, 0.3) is 0 Å². The van der Waals surface area contributed by atoms with Gasteiger partial charge in [0.25, 0.3) is 0 Å². The van der Waals surface area contributed by atoms with E-state index in [1.54, 1.807) is 12.1 Å². The first-order chi connectivity index (χ1) is 9.89. The number of halogens is 1. The predicted molar refractivity (Wildman–Crippen MR) is 71.7 cm³/mol. The largest absolute Gasteiger partial charge is 0.332 e. The van der Waals surface area contributed by atoms with E-state index in [2.05, 4.69) is 0 Å². The highest BCUT2D eigenvalue weighted by Crippen LogP contribution is 2.56. The second-order valence-electron chi connectivity index (χ2n) is 5.63. The van der Waals surface area contributed by atoms with Crippen molar-refractivity contribution in [2.75, 3.05) is 14.1 Å². The molecule has 0 bridgehead atoms. The molecule has 2 fully saturated rings. The zero-order chi connectivity index (χ0) is 15.4. The molecule has 0 radical (unpaired) electrons. The Morgan fingerprint density at radius 3 is 2.00 bits per heavy atom. The summed E-state index contributed by atoms with van der Waals surface area (Å²) in [7, 11) is 2.77. The van der Waals surface area contributed by atoms with Gasteiger partial charge in [-0.05, 0) is 30.5 Å². The fourth-order valence-electron chi connectivity index (χ4n) is 3.32. The van der Waals surface area contributed by atoms with Gasteiger partial charge in [0.05, 0.1) is 0 Å². The van der Waals surface area contributed by atoms with E-state index in [0.717, 1.165) is 15.4 Å². The Kier molecular flexibility index (Phi) is 2.86. The Balaban J connectivity index is 2.03. The molecule has 3 rings (SSSR count). The summed E-state index contributed by atoms with van der Waals surface area (Å²) in [5, 5.41) is 0. The van der Waals surface area contributed by atoms with Gasteiger partial charge >= 0.3 is 6.03 Å². The third-order valence-electron chi connectivity index (χ3n) is 4.64. The van der Waals surface area contributed by atoms with Crippen molar-refractivity contribution in [1.29, 1.82) is 0 Å². The van der Waals surface area contributed by atoms with E-state index in [9.17, 15) is 18.8 Å². The molecule has 6 heteroatoms. The van der Waals surface area contributed by atoms with Crippen LogP contribution in [0.1, 0.15) is 24.3 Å². The summed E-state index contributed by atoms with van der Waals surface area (Å²) in [4.78, 5) is 38.9. The Bertz CT molecular complexity index is 617. The molecule has 1 aromatic carbocycles. The van der Waals surface area contributed by atoms with Crippen LogP contribution in [-0.4, -0.2) is 41.7 Å². The summed E-state index contributed by atoms with van der Waals surface area (Å²) in [6.45, 7) is 0. The van der Waals surface area contributed by atoms with Crippen LogP contribution in [0, 0.1) is 11.2 Å². The third kappa shape index (κ3) is 1.65. The number of nitrogens with zero attached hydrogens (tertiary/aromatic N) is 2. The van der Waals surface area contributed by atoms with Crippen molar-refractivity contribution in [3.8, 4) is 0 Å². The number of benzene rings is 1. The standard InChI is InChI=1S/C15H15FN2O3/c1-17-12(19)15(13(20)18(2)14(17)21)8-7-11(15)9-3-5-10(16)6-4-9/h3-6,11H,7-8H2,1-2H3/t11-/m1/s1. The molecule has 1 saturated carbocycles. The lowest BCUT2D eigenvalue weighted by molar-refractivity contribution is -0.166. The van der Waals surface area contributed by atoms with Crippen molar-refractivity contribution in [3.63, 3.8) is 0 Å². The Labute approximate surface area is 121 Å². The van der Waals surface area contributed by atoms with Crippen molar-refractivity contribution >= 4 is 17.8 Å². The molecule has 1 heterocycles. The number of urea groups is 1. The van der Waals surface area contributed by atoms with Crippen LogP contribution in [0.4, 0.5) is 9.18 Å². The van der Waals surface area contributed by atoms with E-state index in [1.807, 2.05) is 0 Å². The minimum atomic E-state index is -1.21. The molecule has 2 aliphatic rings. The Morgan fingerprint density at radius 2 is 1.57 bits per heavy atom. The molecular weight excluding hydrogens is 275 g/mol. The van der Waals surface area contributed by atoms with Gasteiger partial charge in [0.2, 0.25) is 11.8 Å². The quantitative estimate of drug-likeness (QED) is 0.740. The van der Waals surface area contributed by atoms with Gasteiger partial charge in [-0.2, -0.15) is 0 Å². The van der Waals surface area contributed by atoms with Crippen LogP contribution >= 0.6 is 0 Å². The maximum atomic E-state index is 13.0. The molecule has 1 spiro atoms. The highest BCUT2D eigenvalue weighted by atomic mass is 19.1. The lowest BCUT2D eigenvalue weighted by Crippen LogP contribution is -2.67. The topological polar surface area (TPSA) is 57.7 Å². The Morgan fingerprint density at radius 1 is 1.05 bits per heavy atom. The minimum Gasteiger partial charge on any atom is -0.273 e. The Hall–Kier alpha value is -2.24. The molecule has 1 aliphatic heterocycles. The van der Waals surface area contributed by atoms with Gasteiger partial charge in [0.1, 0.15) is 11.2 Å². The van der Waals surface area contributed by atoms with Gasteiger partial charge in [-0.25, -0.2) is 9.18 Å². The molecule has 1 aliphatic carbocycles. The van der Waals surface area contributed by atoms with E-state index in [0.29, 0.717) is 12.8 Å². The van der Waals surface area contributed by atoms with Crippen molar-refractivity contribution in [2.45, 2.75) is 18.8 Å². The lowest BCUT2D eigenvalue weighted by Gasteiger charge is -2.52. The van der Waals surface area contributed by atoms with Crippen molar-refractivity contribution in [3.05, 3.63) is 35.6 Å². The summed E-state index contributed by atoms with van der Waals surface area (Å²) in [5.74, 6) is -1.60. The van der Waals surface area contributed by atoms with Crippen molar-refractivity contribution < 1.29 is 18.8 Å². The number of carbonyl (C=O) groups excluding carboxylic acids is 3. The molecule has 1 atom stereocenters. The van der Waals surface area contributed by atoms with E-state index in [1.165, 1.54) is 26.2 Å². The normalized spacial score (nSPS) is 24.5. The maximum absolute atomic E-state index is 13.0. The van der Waals surface area contributed by atoms with Crippen LogP contribution in [0.5, 0.6) is 0 Å². The van der Waals surface area contributed by atoms with Crippen LogP contribution in [0.2, 0.25) is 0 Å². The summed E-state index contributed by atoms with van der Waals surface area (Å²) in [5.41, 5.74) is -0.463. The van der Waals surface area contributed by atoms with E-state index < -0.39 is 23.3 Å². The number of imide groups is 2. The molecule has 0 N–H and O–H groups in total. The van der Waals surface area contributed by atoms with E-state index in [4.69, 9.17) is 0 Å². The maximum Gasteiger partial charge on any atom is 0.332 e. The van der Waals surface area contributed by atoms with Crippen LogP contribution in [0.3, 0.4) is 0 Å². The fourth-order valence-corrected chi connectivity index (χ4v) is 3.32. The molecule has 0 unspecified atom stereocenters. The first kappa shape index (κ1) is 13.7. The van der Waals surface area contributed by atoms with Crippen molar-refractivity contribution in [2.24, 2.45) is 5.41 Å². The predicted octanol–water partition coefficient (Wildman–Crippen LogP) is 1.74. The zero-order valence-electron chi connectivity index (χ0n) is 11.8. The smallest absolute Gasteiger partial charge is 0.273 e. The monoisotopic (exact) mass is 290 g/mol. The second kappa shape index (κ2) is 4.38. The number of hydrogen-bond acceptors (Lipinski definition) is 3. The molecule has 0 aromatic heterocycles. The molecule has 1 aromatic rings. The van der Waals surface area contributed by atoms with E-state index in [-0.39, 0.29) is 11.7 Å². The molecule has 5 nitrogen and oxygen atoms in total. The number of carbonyl (C=O) groups is 3. The van der Waals surface area contributed by atoms with Gasteiger partial charge in [-0.3, -0.25) is 19.4 Å². The summed E-state index contributed by atoms with van der Waals surface area (Å²) in [6.07, 6.45) is 1.08. The zero-order valence-corrected chi connectivity index (χ0v) is 11.8. The molecular formula is C15H15FN2O3. The fraction of sp³-hybridized carbons (Fsp3) is 0.400. The molecule has 4 amide bonds. The summed E-state index contributed by atoms with van der Waals surface area (Å²) >= 11 is 0. The first-order valence-electron chi connectivity index (χ1n) is 6.75. The summed E-state index contributed by atoms with van der Waals surface area (Å²) in [6, 6.07) is 5.21. The van der Waals surface area contributed by atoms with Crippen LogP contribution in [0.15, 0.2) is 24.3 Å². The summed E-state index contributed by atoms with van der Waals surface area (Å²) < 4.78 is 13.0. The van der Waals surface area contributed by atoms with Gasteiger partial charge in [-0.1, -0.05) is 12.1 Å². The molecule has 110 valence electrons. The number of amides is 4. The van der Waals surface area contributed by atoms with Crippen molar-refractivity contribution in [1.82, 2.24) is 9.80 Å². The van der Waals surface area contributed by atoms with Crippen LogP contribution in [-0.2, 0) is 9.59 Å². The third-order valence-corrected chi connectivity index (χ3v) is 4.64. The van der Waals surface area contributed by atoms with Gasteiger partial charge in [0.15, 0.2) is 0 Å². The minimum absolute atomic E-state index is 0.309. The second-order valence-corrected chi connectivity index (χ2v) is 5.63. The average molecular weight is 290 g/mol. The first-order valence-corrected chi connectivity index (χ1v) is 6.75. The van der Waals surface area contributed by atoms with Gasteiger partial charge in [0, 0.05) is 20.0 Å². The van der Waals surface area contributed by atoms with Crippen LogP contribution < -0.4 is 0 Å². The number of rotatable bonds is 1. The lowest BCUT2D eigenvalue weighted by atomic mass is 9.55. The highest BCUT2D eigenvalue weighted by molar-refractivity contribution is 6.20.